The maximum absolute atomic E-state index is 11.1. The topological polar surface area (TPSA) is 44.1 Å². The molecule has 0 N–H and O–H groups in total. The molecule has 2 rings (SSSR count). The molecule has 0 saturated heterocycles. The van der Waals surface area contributed by atoms with Crippen molar-refractivity contribution in [3.05, 3.63) is 34.7 Å². The molecule has 0 fully saturated rings. The van der Waals surface area contributed by atoms with E-state index in [1.54, 1.807) is 36.9 Å². The Bertz CT molecular complexity index is 605. The van der Waals surface area contributed by atoms with E-state index in [4.69, 9.17) is 16.3 Å². The number of imidazole rings is 1. The van der Waals surface area contributed by atoms with Gasteiger partial charge in [-0.15, -0.1) is 0 Å². The highest BCUT2D eigenvalue weighted by Crippen LogP contribution is 2.32. The molecular weight excluding hydrogens is 252 g/mol. The summed E-state index contributed by atoms with van der Waals surface area (Å²) in [5, 5.41) is 0.510. The van der Waals surface area contributed by atoms with Crippen molar-refractivity contribution in [1.29, 1.82) is 0 Å². The summed E-state index contributed by atoms with van der Waals surface area (Å²) in [6.45, 7) is 1.84. The average molecular weight is 265 g/mol. The third-order valence-corrected chi connectivity index (χ3v) is 3.22. The summed E-state index contributed by atoms with van der Waals surface area (Å²) in [5.41, 5.74) is 1.83. The molecule has 0 saturated carbocycles. The Hall–Kier alpha value is -1.81. The van der Waals surface area contributed by atoms with Crippen LogP contribution in [0.15, 0.2) is 18.2 Å². The fraction of sp³-hybridized carbons (Fsp3) is 0.231. The van der Waals surface area contributed by atoms with E-state index < -0.39 is 0 Å². The van der Waals surface area contributed by atoms with Crippen molar-refractivity contribution in [2.45, 2.75) is 6.92 Å². The van der Waals surface area contributed by atoms with Gasteiger partial charge in [0.15, 0.2) is 6.29 Å². The SMILES string of the molecule is COc1ccc(-c2nc(C)n(C)c2C=O)c(Cl)c1. The van der Waals surface area contributed by atoms with E-state index in [-0.39, 0.29) is 0 Å². The highest BCUT2D eigenvalue weighted by molar-refractivity contribution is 6.33. The zero-order valence-electron chi connectivity index (χ0n) is 10.4. The van der Waals surface area contributed by atoms with Crippen molar-refractivity contribution in [2.24, 2.45) is 7.05 Å². The van der Waals surface area contributed by atoms with Crippen LogP contribution in [0.5, 0.6) is 5.75 Å². The number of carbonyl (C=O) groups is 1. The summed E-state index contributed by atoms with van der Waals surface area (Å²) in [6, 6.07) is 5.30. The number of halogens is 1. The van der Waals surface area contributed by atoms with Gasteiger partial charge in [0, 0.05) is 12.6 Å². The molecular formula is C13H13ClN2O2. The molecule has 0 aliphatic heterocycles. The van der Waals surface area contributed by atoms with E-state index in [0.29, 0.717) is 22.2 Å². The van der Waals surface area contributed by atoms with E-state index in [1.807, 2.05) is 6.92 Å². The molecule has 0 amide bonds. The van der Waals surface area contributed by atoms with E-state index >= 15 is 0 Å². The van der Waals surface area contributed by atoms with Gasteiger partial charge in [0.05, 0.1) is 12.1 Å². The van der Waals surface area contributed by atoms with Crippen LogP contribution in [0.3, 0.4) is 0 Å². The molecule has 2 aromatic rings. The quantitative estimate of drug-likeness (QED) is 0.801. The molecule has 0 aliphatic rings. The van der Waals surface area contributed by atoms with Crippen molar-refractivity contribution in [1.82, 2.24) is 9.55 Å². The molecule has 0 unspecified atom stereocenters. The molecule has 5 heteroatoms. The summed E-state index contributed by atoms with van der Waals surface area (Å²) in [5.74, 6) is 1.43. The minimum absolute atomic E-state index is 0.510. The standard InChI is InChI=1S/C13H13ClN2O2/c1-8-15-13(12(7-17)16(8)2)10-5-4-9(18-3)6-11(10)14/h4-7H,1-3H3. The van der Waals surface area contributed by atoms with E-state index in [2.05, 4.69) is 4.98 Å². The average Bonchev–Trinajstić information content (AvgIpc) is 2.65. The number of rotatable bonds is 3. The summed E-state index contributed by atoms with van der Waals surface area (Å²) < 4.78 is 6.83. The zero-order valence-corrected chi connectivity index (χ0v) is 11.2. The van der Waals surface area contributed by atoms with Gasteiger partial charge < -0.3 is 9.30 Å². The highest BCUT2D eigenvalue weighted by Gasteiger charge is 2.16. The number of ether oxygens (including phenoxy) is 1. The summed E-state index contributed by atoms with van der Waals surface area (Å²) in [6.07, 6.45) is 0.788. The van der Waals surface area contributed by atoms with Gasteiger partial charge in [-0.1, -0.05) is 11.6 Å². The van der Waals surface area contributed by atoms with Crippen LogP contribution in [0.25, 0.3) is 11.3 Å². The smallest absolute Gasteiger partial charge is 0.168 e. The van der Waals surface area contributed by atoms with Crippen molar-refractivity contribution < 1.29 is 9.53 Å². The van der Waals surface area contributed by atoms with Crippen LogP contribution in [-0.2, 0) is 7.05 Å². The second kappa shape index (κ2) is 4.82. The number of nitrogens with zero attached hydrogens (tertiary/aromatic N) is 2. The minimum Gasteiger partial charge on any atom is -0.497 e. The lowest BCUT2D eigenvalue weighted by atomic mass is 10.1. The Morgan fingerprint density at radius 2 is 2.17 bits per heavy atom. The summed E-state index contributed by atoms with van der Waals surface area (Å²) >= 11 is 6.19. The molecule has 0 spiro atoms. The molecule has 0 radical (unpaired) electrons. The van der Waals surface area contributed by atoms with Crippen LogP contribution in [-0.4, -0.2) is 22.9 Å². The first-order valence-electron chi connectivity index (χ1n) is 5.41. The molecule has 18 heavy (non-hydrogen) atoms. The van der Waals surface area contributed by atoms with Crippen molar-refractivity contribution in [3.8, 4) is 17.0 Å². The van der Waals surface area contributed by atoms with Crippen LogP contribution in [0.4, 0.5) is 0 Å². The molecule has 0 atom stereocenters. The molecule has 1 heterocycles. The van der Waals surface area contributed by atoms with Gasteiger partial charge in [0.2, 0.25) is 0 Å². The second-order valence-corrected chi connectivity index (χ2v) is 4.32. The van der Waals surface area contributed by atoms with Crippen molar-refractivity contribution in [3.63, 3.8) is 0 Å². The first-order chi connectivity index (χ1) is 8.58. The van der Waals surface area contributed by atoms with Gasteiger partial charge in [0.25, 0.3) is 0 Å². The van der Waals surface area contributed by atoms with E-state index in [9.17, 15) is 4.79 Å². The number of methoxy groups -OCH3 is 1. The second-order valence-electron chi connectivity index (χ2n) is 3.92. The lowest BCUT2D eigenvalue weighted by molar-refractivity contribution is 0.111. The fourth-order valence-corrected chi connectivity index (χ4v) is 2.04. The number of hydrogen-bond donors (Lipinski definition) is 0. The lowest BCUT2D eigenvalue weighted by Gasteiger charge is -2.05. The van der Waals surface area contributed by atoms with Crippen LogP contribution < -0.4 is 4.74 Å². The first kappa shape index (κ1) is 12.6. The number of aromatic nitrogens is 2. The van der Waals surface area contributed by atoms with Gasteiger partial charge in [-0.05, 0) is 25.1 Å². The minimum atomic E-state index is 0.510. The van der Waals surface area contributed by atoms with Crippen LogP contribution >= 0.6 is 11.6 Å². The number of hydrogen-bond acceptors (Lipinski definition) is 3. The Morgan fingerprint density at radius 3 is 2.72 bits per heavy atom. The van der Waals surface area contributed by atoms with Crippen LogP contribution in [0.2, 0.25) is 5.02 Å². The van der Waals surface area contributed by atoms with Crippen LogP contribution in [0.1, 0.15) is 16.3 Å². The number of aldehydes is 1. The highest BCUT2D eigenvalue weighted by atomic mass is 35.5. The van der Waals surface area contributed by atoms with E-state index in [0.717, 1.165) is 17.7 Å². The molecule has 94 valence electrons. The predicted octanol–water partition coefficient (Wildman–Crippen LogP) is 2.87. The third kappa shape index (κ3) is 1.99. The zero-order chi connectivity index (χ0) is 13.3. The normalized spacial score (nSPS) is 10.4. The Labute approximate surface area is 110 Å². The number of carbonyl (C=O) groups excluding carboxylic acids is 1. The Balaban J connectivity index is 2.62. The largest absolute Gasteiger partial charge is 0.497 e. The van der Waals surface area contributed by atoms with Crippen molar-refractivity contribution in [2.75, 3.05) is 7.11 Å². The maximum Gasteiger partial charge on any atom is 0.168 e. The molecule has 0 aliphatic carbocycles. The molecule has 1 aromatic carbocycles. The monoisotopic (exact) mass is 264 g/mol. The van der Waals surface area contributed by atoms with Gasteiger partial charge in [0.1, 0.15) is 23.0 Å². The van der Waals surface area contributed by atoms with Gasteiger partial charge in [-0.25, -0.2) is 4.98 Å². The predicted molar refractivity (Wildman–Crippen MR) is 70.3 cm³/mol. The van der Waals surface area contributed by atoms with Crippen LogP contribution in [0, 0.1) is 6.92 Å². The Kier molecular flexibility index (Phi) is 3.39. The Morgan fingerprint density at radius 1 is 1.44 bits per heavy atom. The lowest BCUT2D eigenvalue weighted by Crippen LogP contribution is -1.97. The first-order valence-corrected chi connectivity index (χ1v) is 5.78. The summed E-state index contributed by atoms with van der Waals surface area (Å²) in [7, 11) is 3.38. The van der Waals surface area contributed by atoms with Gasteiger partial charge in [-0.3, -0.25) is 4.79 Å². The van der Waals surface area contributed by atoms with Gasteiger partial charge in [-0.2, -0.15) is 0 Å². The molecule has 0 bridgehead atoms. The summed E-state index contributed by atoms with van der Waals surface area (Å²) in [4.78, 5) is 15.5. The number of aryl methyl sites for hydroxylation is 1. The van der Waals surface area contributed by atoms with E-state index in [1.165, 1.54) is 0 Å². The maximum atomic E-state index is 11.1. The number of benzene rings is 1. The van der Waals surface area contributed by atoms with Crippen molar-refractivity contribution >= 4 is 17.9 Å². The third-order valence-electron chi connectivity index (χ3n) is 2.91. The fourth-order valence-electron chi connectivity index (χ4n) is 1.78. The molecule has 4 nitrogen and oxygen atoms in total. The van der Waals surface area contributed by atoms with Gasteiger partial charge >= 0.3 is 0 Å². The molecule has 1 aromatic heterocycles.